The minimum Gasteiger partial charge on any atom is -0.352 e. The van der Waals surface area contributed by atoms with Crippen molar-refractivity contribution in [3.8, 4) is 11.1 Å². The number of carbonyl (C=O) groups is 1. The fourth-order valence-corrected chi connectivity index (χ4v) is 5.06. The van der Waals surface area contributed by atoms with Crippen LogP contribution in [0.25, 0.3) is 22.2 Å². The van der Waals surface area contributed by atoms with Gasteiger partial charge in [0.2, 0.25) is 11.7 Å². The molecule has 2 aromatic carbocycles. The number of pyridine rings is 1. The van der Waals surface area contributed by atoms with Gasteiger partial charge in [-0.3, -0.25) is 9.52 Å². The molecule has 9 nitrogen and oxygen atoms in total. The van der Waals surface area contributed by atoms with Crippen LogP contribution >= 0.6 is 0 Å². The molecule has 0 atom stereocenters. The normalized spacial score (nSPS) is 11.7. The van der Waals surface area contributed by atoms with E-state index < -0.39 is 49.4 Å². The number of hydrogen-bond acceptors (Lipinski definition) is 7. The zero-order chi connectivity index (χ0) is 28.6. The fourth-order valence-electron chi connectivity index (χ4n) is 3.97. The van der Waals surface area contributed by atoms with E-state index in [0.717, 1.165) is 30.3 Å². The predicted molar refractivity (Wildman–Crippen MR) is 143 cm³/mol. The molecule has 0 unspecified atom stereocenters. The van der Waals surface area contributed by atoms with Crippen molar-refractivity contribution in [1.82, 2.24) is 19.9 Å². The van der Waals surface area contributed by atoms with Crippen LogP contribution in [0.1, 0.15) is 29.8 Å². The first-order chi connectivity index (χ1) is 19.0. The van der Waals surface area contributed by atoms with Gasteiger partial charge in [-0.1, -0.05) is 6.07 Å². The number of fused-ring (bicyclic) bond motifs is 1. The van der Waals surface area contributed by atoms with Crippen LogP contribution in [0.5, 0.6) is 0 Å². The van der Waals surface area contributed by atoms with Crippen molar-refractivity contribution in [3.05, 3.63) is 95.8 Å². The molecule has 0 aliphatic rings. The first-order valence-corrected chi connectivity index (χ1v) is 13.4. The minimum atomic E-state index is -4.44. The molecule has 3 aromatic heterocycles. The molecule has 0 aliphatic carbocycles. The van der Waals surface area contributed by atoms with E-state index in [-0.39, 0.29) is 22.6 Å². The zero-order valence-corrected chi connectivity index (χ0v) is 21.9. The number of carbonyl (C=O) groups excluding carboxylic acids is 1. The van der Waals surface area contributed by atoms with Crippen LogP contribution in [0.2, 0.25) is 0 Å². The van der Waals surface area contributed by atoms with E-state index in [2.05, 4.69) is 25.3 Å². The topological polar surface area (TPSA) is 130 Å². The third-order valence-electron chi connectivity index (χ3n) is 5.85. The van der Waals surface area contributed by atoms with Crippen LogP contribution in [0.4, 0.5) is 24.8 Å². The summed E-state index contributed by atoms with van der Waals surface area (Å²) in [6, 6.07) is 7.40. The molecule has 0 amide bonds. The number of sulfonamides is 1. The maximum Gasteiger partial charge on any atom is 0.262 e. The minimum absolute atomic E-state index is 0.0914. The highest BCUT2D eigenvalue weighted by Gasteiger charge is 2.26. The first-order valence-electron chi connectivity index (χ1n) is 11.9. The van der Waals surface area contributed by atoms with Crippen molar-refractivity contribution in [2.45, 2.75) is 24.8 Å². The van der Waals surface area contributed by atoms with Crippen molar-refractivity contribution in [2.24, 2.45) is 0 Å². The van der Waals surface area contributed by atoms with E-state index in [1.54, 1.807) is 18.5 Å². The molecule has 5 aromatic rings. The molecular formula is C27H21F3N6O3S. The summed E-state index contributed by atoms with van der Waals surface area (Å²) in [5.41, 5.74) is -0.316. The fraction of sp³-hybridized carbons (Fsp3) is 0.111. The Balaban J connectivity index is 1.50. The van der Waals surface area contributed by atoms with Crippen LogP contribution < -0.4 is 10.0 Å². The summed E-state index contributed by atoms with van der Waals surface area (Å²) in [5, 5.41) is 3.35. The molecular weight excluding hydrogens is 545 g/mol. The highest BCUT2D eigenvalue weighted by atomic mass is 32.2. The van der Waals surface area contributed by atoms with Crippen molar-refractivity contribution in [2.75, 3.05) is 10.0 Å². The first kappa shape index (κ1) is 26.8. The second kappa shape index (κ2) is 10.4. The number of rotatable bonds is 8. The molecule has 0 saturated heterocycles. The molecule has 0 fully saturated rings. The molecule has 0 bridgehead atoms. The van der Waals surface area contributed by atoms with E-state index in [0.29, 0.717) is 17.1 Å². The van der Waals surface area contributed by atoms with Crippen LogP contribution in [0, 0.1) is 17.5 Å². The third kappa shape index (κ3) is 5.23. The number of benzene rings is 2. The second-order valence-corrected chi connectivity index (χ2v) is 10.8. The van der Waals surface area contributed by atoms with Crippen LogP contribution in [0.3, 0.4) is 0 Å². The summed E-state index contributed by atoms with van der Waals surface area (Å²) in [6.45, 7) is 3.89. The molecule has 3 N–H and O–H groups in total. The van der Waals surface area contributed by atoms with Gasteiger partial charge in [-0.25, -0.2) is 36.5 Å². The number of aromatic amines is 1. The molecule has 3 heterocycles. The number of nitrogens with one attached hydrogen (secondary N) is 3. The van der Waals surface area contributed by atoms with E-state index in [1.807, 2.05) is 18.6 Å². The highest BCUT2D eigenvalue weighted by Crippen LogP contribution is 2.30. The average molecular weight is 567 g/mol. The van der Waals surface area contributed by atoms with Gasteiger partial charge < -0.3 is 10.3 Å². The number of hydrogen-bond donors (Lipinski definition) is 3. The Morgan fingerprint density at radius 2 is 1.68 bits per heavy atom. The highest BCUT2D eigenvalue weighted by molar-refractivity contribution is 7.92. The van der Waals surface area contributed by atoms with E-state index >= 15 is 4.39 Å². The van der Waals surface area contributed by atoms with Crippen molar-refractivity contribution in [3.63, 3.8) is 0 Å². The molecule has 13 heteroatoms. The zero-order valence-electron chi connectivity index (χ0n) is 21.0. The Morgan fingerprint density at radius 1 is 0.950 bits per heavy atom. The quantitative estimate of drug-likeness (QED) is 0.218. The van der Waals surface area contributed by atoms with E-state index in [4.69, 9.17) is 0 Å². The summed E-state index contributed by atoms with van der Waals surface area (Å²) in [4.78, 5) is 28.5. The number of aromatic nitrogens is 4. The number of nitrogens with zero attached hydrogens (tertiary/aromatic N) is 3. The predicted octanol–water partition coefficient (Wildman–Crippen LogP) is 5.29. The molecule has 0 saturated carbocycles. The maximum absolute atomic E-state index is 15.5. The van der Waals surface area contributed by atoms with Crippen molar-refractivity contribution < 1.29 is 26.4 Å². The van der Waals surface area contributed by atoms with Gasteiger partial charge in [0.1, 0.15) is 17.3 Å². The Morgan fingerprint density at radius 3 is 2.38 bits per heavy atom. The molecule has 0 aliphatic heterocycles. The SMILES string of the molecule is CC(C)Nc1ncc(-c2cnc3[nH]cc(C(=O)c4c(F)ccc(NS(=O)(=O)c5cccc(F)c5)c4F)c3c2)cn1. The summed E-state index contributed by atoms with van der Waals surface area (Å²) >= 11 is 0. The van der Waals surface area contributed by atoms with Gasteiger partial charge in [-0.2, -0.15) is 0 Å². The van der Waals surface area contributed by atoms with Gasteiger partial charge >= 0.3 is 0 Å². The van der Waals surface area contributed by atoms with Gasteiger partial charge in [-0.15, -0.1) is 0 Å². The molecule has 0 radical (unpaired) electrons. The summed E-state index contributed by atoms with van der Waals surface area (Å²) in [5.74, 6) is -4.05. The Labute approximate surface area is 226 Å². The van der Waals surface area contributed by atoms with Gasteiger partial charge in [0, 0.05) is 52.9 Å². The number of ketones is 1. The average Bonchev–Trinajstić information content (AvgIpc) is 3.34. The van der Waals surface area contributed by atoms with Crippen LogP contribution in [-0.4, -0.2) is 40.2 Å². The lowest BCUT2D eigenvalue weighted by atomic mass is 10.0. The van der Waals surface area contributed by atoms with Gasteiger partial charge in [0.15, 0.2) is 5.82 Å². The van der Waals surface area contributed by atoms with Gasteiger partial charge in [0.25, 0.3) is 10.0 Å². The maximum atomic E-state index is 15.5. The largest absolute Gasteiger partial charge is 0.352 e. The second-order valence-electron chi connectivity index (χ2n) is 9.09. The van der Waals surface area contributed by atoms with Crippen molar-refractivity contribution >= 4 is 38.5 Å². The van der Waals surface area contributed by atoms with Gasteiger partial charge in [-0.05, 0) is 50.2 Å². The summed E-state index contributed by atoms with van der Waals surface area (Å²) < 4.78 is 71.1. The Kier molecular flexibility index (Phi) is 6.98. The Hall–Kier alpha value is -4.78. The lowest BCUT2D eigenvalue weighted by molar-refractivity contribution is 0.103. The van der Waals surface area contributed by atoms with Gasteiger partial charge in [0.05, 0.1) is 16.1 Å². The van der Waals surface area contributed by atoms with Crippen LogP contribution in [0.15, 0.2) is 72.1 Å². The molecule has 0 spiro atoms. The monoisotopic (exact) mass is 566 g/mol. The van der Waals surface area contributed by atoms with Crippen LogP contribution in [-0.2, 0) is 10.0 Å². The third-order valence-corrected chi connectivity index (χ3v) is 7.21. The number of halogens is 3. The standard InChI is InChI=1S/C27H21F3N6O3S/c1-14(2)35-27-33-11-16(12-34-27)15-8-19-20(13-32-26(19)31-10-15)25(37)23-21(29)6-7-22(24(23)30)36-40(38,39)18-5-3-4-17(28)9-18/h3-14,36H,1-2H3,(H,31,32)(H,33,34,35). The Bertz CT molecular complexity index is 1860. The van der Waals surface area contributed by atoms with Crippen molar-refractivity contribution in [1.29, 1.82) is 0 Å². The molecule has 5 rings (SSSR count). The van der Waals surface area contributed by atoms with E-state index in [9.17, 15) is 22.0 Å². The lowest BCUT2D eigenvalue weighted by Crippen LogP contribution is -2.16. The lowest BCUT2D eigenvalue weighted by Gasteiger charge is -2.12. The molecule has 40 heavy (non-hydrogen) atoms. The van der Waals surface area contributed by atoms with E-state index in [1.165, 1.54) is 18.5 Å². The summed E-state index contributed by atoms with van der Waals surface area (Å²) in [6.07, 6.45) is 5.94. The molecule has 204 valence electrons. The number of H-pyrrole nitrogens is 1. The smallest absolute Gasteiger partial charge is 0.262 e. The summed E-state index contributed by atoms with van der Waals surface area (Å²) in [7, 11) is -4.44. The number of anilines is 2.